The van der Waals surface area contributed by atoms with Gasteiger partial charge in [-0.25, -0.2) is 8.42 Å². The maximum absolute atomic E-state index is 14.1. The second kappa shape index (κ2) is 14.5. The second-order valence-electron chi connectivity index (χ2n) is 10.7. The van der Waals surface area contributed by atoms with Crippen LogP contribution in [-0.2, 0) is 26.2 Å². The predicted octanol–water partition coefficient (Wildman–Crippen LogP) is 7.67. The molecule has 0 bridgehead atoms. The Hall–Kier alpha value is -2.49. The topological polar surface area (TPSA) is 86.8 Å². The minimum atomic E-state index is -4.26. The molecule has 12 heteroatoms. The highest BCUT2D eigenvalue weighted by Crippen LogP contribution is 2.31. The molecule has 0 aromatic heterocycles. The summed E-state index contributed by atoms with van der Waals surface area (Å²) in [6, 6.07) is 14.7. The smallest absolute Gasteiger partial charge is 0.264 e. The molecule has 1 N–H and O–H groups in total. The average Bonchev–Trinajstić information content (AvgIpc) is 2.96. The highest BCUT2D eigenvalue weighted by Gasteiger charge is 2.33. The lowest BCUT2D eigenvalue weighted by atomic mass is 9.95. The van der Waals surface area contributed by atoms with Gasteiger partial charge in [0.1, 0.15) is 12.6 Å². The van der Waals surface area contributed by atoms with E-state index in [-0.39, 0.29) is 39.1 Å². The minimum absolute atomic E-state index is 0.0102. The van der Waals surface area contributed by atoms with Gasteiger partial charge in [0.15, 0.2) is 0 Å². The Balaban J connectivity index is 1.71. The third-order valence-corrected chi connectivity index (χ3v) is 10.4. The number of carbonyl (C=O) groups is 2. The number of nitrogens with zero attached hydrogens (tertiary/aromatic N) is 2. The zero-order valence-corrected chi connectivity index (χ0v) is 27.7. The van der Waals surface area contributed by atoms with Crippen LogP contribution in [0.5, 0.6) is 0 Å². The molecule has 0 unspecified atom stereocenters. The number of halogens is 4. The van der Waals surface area contributed by atoms with Crippen LogP contribution in [0.3, 0.4) is 0 Å². The van der Waals surface area contributed by atoms with E-state index in [4.69, 9.17) is 46.4 Å². The first-order chi connectivity index (χ1) is 20.3. The summed E-state index contributed by atoms with van der Waals surface area (Å²) in [5.74, 6) is -0.928. The van der Waals surface area contributed by atoms with Crippen molar-refractivity contribution in [2.24, 2.45) is 0 Å². The molecule has 1 aliphatic carbocycles. The van der Waals surface area contributed by atoms with Crippen molar-refractivity contribution in [3.8, 4) is 0 Å². The van der Waals surface area contributed by atoms with Gasteiger partial charge in [-0.05, 0) is 74.7 Å². The normalized spacial score (nSPS) is 14.7. The Morgan fingerprint density at radius 3 is 2.12 bits per heavy atom. The third-order valence-electron chi connectivity index (χ3n) is 7.48. The summed E-state index contributed by atoms with van der Waals surface area (Å²) < 4.78 is 28.9. The lowest BCUT2D eigenvalue weighted by Gasteiger charge is -2.33. The van der Waals surface area contributed by atoms with Gasteiger partial charge < -0.3 is 10.2 Å². The third kappa shape index (κ3) is 8.58. The van der Waals surface area contributed by atoms with E-state index in [2.05, 4.69) is 5.32 Å². The number of benzene rings is 3. The fourth-order valence-electron chi connectivity index (χ4n) is 5.04. The molecule has 1 fully saturated rings. The molecule has 0 aliphatic heterocycles. The Morgan fingerprint density at radius 2 is 1.51 bits per heavy atom. The Labute approximate surface area is 273 Å². The summed E-state index contributed by atoms with van der Waals surface area (Å²) in [4.78, 5) is 28.9. The molecule has 2 amide bonds. The van der Waals surface area contributed by atoms with Crippen LogP contribution in [-0.4, -0.2) is 43.8 Å². The number of rotatable bonds is 10. The van der Waals surface area contributed by atoms with E-state index in [0.29, 0.717) is 15.6 Å². The molecular weight excluding hydrogens is 652 g/mol. The van der Waals surface area contributed by atoms with E-state index >= 15 is 0 Å². The van der Waals surface area contributed by atoms with Gasteiger partial charge in [0.2, 0.25) is 11.8 Å². The van der Waals surface area contributed by atoms with Crippen molar-refractivity contribution in [1.82, 2.24) is 10.2 Å². The van der Waals surface area contributed by atoms with Gasteiger partial charge in [-0.15, -0.1) is 0 Å². The SMILES string of the molecule is Cc1ccc(S(=O)(=O)N(CC(=O)N(Cc2ccc(Cl)c(Cl)c2)[C@@H](C)C(=O)NC2CCCCC2)c2cc(Cl)cc(Cl)c2)cc1. The van der Waals surface area contributed by atoms with Crippen molar-refractivity contribution in [2.45, 2.75) is 69.5 Å². The maximum atomic E-state index is 14.1. The fourth-order valence-corrected chi connectivity index (χ4v) is 7.27. The summed E-state index contributed by atoms with van der Waals surface area (Å²) in [6.07, 6.45) is 4.93. The molecule has 4 rings (SSSR count). The standard InChI is InChI=1S/C31H33Cl4N3O4S/c1-20-8-11-27(12-9-20)43(41,42)38(26-16-23(32)15-24(33)17-26)19-30(39)37(18-22-10-13-28(34)29(35)14-22)21(2)31(40)36-25-6-4-3-5-7-25/h8-17,21,25H,3-7,18-19H2,1-2H3,(H,36,40)/t21-/m0/s1. The summed E-state index contributed by atoms with van der Waals surface area (Å²) >= 11 is 24.9. The van der Waals surface area contributed by atoms with Crippen molar-refractivity contribution >= 4 is 73.9 Å². The van der Waals surface area contributed by atoms with Crippen molar-refractivity contribution in [2.75, 3.05) is 10.8 Å². The average molecular weight is 686 g/mol. The monoisotopic (exact) mass is 683 g/mol. The molecule has 0 heterocycles. The first kappa shape index (κ1) is 33.4. The largest absolute Gasteiger partial charge is 0.352 e. The number of carbonyl (C=O) groups excluding carboxylic acids is 2. The number of amides is 2. The lowest BCUT2D eigenvalue weighted by molar-refractivity contribution is -0.139. The fraction of sp³-hybridized carbons (Fsp3) is 0.355. The zero-order chi connectivity index (χ0) is 31.3. The summed E-state index contributed by atoms with van der Waals surface area (Å²) in [7, 11) is -4.26. The molecular formula is C31H33Cl4N3O4S. The highest BCUT2D eigenvalue weighted by atomic mass is 35.5. The van der Waals surface area contributed by atoms with E-state index in [1.54, 1.807) is 37.3 Å². The molecule has 0 saturated heterocycles. The minimum Gasteiger partial charge on any atom is -0.352 e. The number of aryl methyl sites for hydroxylation is 1. The van der Waals surface area contributed by atoms with Gasteiger partial charge in [-0.2, -0.15) is 0 Å². The van der Waals surface area contributed by atoms with Gasteiger partial charge in [-0.3, -0.25) is 13.9 Å². The van der Waals surface area contributed by atoms with Crippen molar-refractivity contribution in [1.29, 1.82) is 0 Å². The van der Waals surface area contributed by atoms with Crippen LogP contribution in [0.15, 0.2) is 65.6 Å². The Kier molecular flexibility index (Phi) is 11.3. The highest BCUT2D eigenvalue weighted by molar-refractivity contribution is 7.92. The van der Waals surface area contributed by atoms with Crippen LogP contribution >= 0.6 is 46.4 Å². The predicted molar refractivity (Wildman–Crippen MR) is 174 cm³/mol. The van der Waals surface area contributed by atoms with Gasteiger partial charge >= 0.3 is 0 Å². The molecule has 7 nitrogen and oxygen atoms in total. The zero-order valence-electron chi connectivity index (χ0n) is 23.8. The molecule has 0 radical (unpaired) electrons. The van der Waals surface area contributed by atoms with Gasteiger partial charge in [-0.1, -0.05) is 89.4 Å². The van der Waals surface area contributed by atoms with E-state index < -0.39 is 28.5 Å². The van der Waals surface area contributed by atoms with Crippen molar-refractivity contribution in [3.05, 3.63) is 91.9 Å². The number of anilines is 1. The van der Waals surface area contributed by atoms with Crippen LogP contribution in [0.4, 0.5) is 5.69 Å². The molecule has 3 aromatic rings. The molecule has 0 spiro atoms. The molecule has 1 saturated carbocycles. The van der Waals surface area contributed by atoms with E-state index in [9.17, 15) is 18.0 Å². The number of hydrogen-bond donors (Lipinski definition) is 1. The summed E-state index contributed by atoms with van der Waals surface area (Å²) in [5.41, 5.74) is 1.61. The van der Waals surface area contributed by atoms with Gasteiger partial charge in [0.25, 0.3) is 10.0 Å². The number of hydrogen-bond acceptors (Lipinski definition) is 4. The van der Waals surface area contributed by atoms with E-state index in [0.717, 1.165) is 42.0 Å². The van der Waals surface area contributed by atoms with Gasteiger partial charge in [0.05, 0.1) is 20.6 Å². The van der Waals surface area contributed by atoms with Crippen LogP contribution in [0.1, 0.15) is 50.2 Å². The molecule has 1 aliphatic rings. The van der Waals surface area contributed by atoms with Crippen LogP contribution in [0.2, 0.25) is 20.1 Å². The van der Waals surface area contributed by atoms with Crippen molar-refractivity contribution in [3.63, 3.8) is 0 Å². The lowest BCUT2D eigenvalue weighted by Crippen LogP contribution is -2.53. The summed E-state index contributed by atoms with van der Waals surface area (Å²) in [6.45, 7) is 2.84. The van der Waals surface area contributed by atoms with Crippen molar-refractivity contribution < 1.29 is 18.0 Å². The molecule has 43 heavy (non-hydrogen) atoms. The Bertz CT molecular complexity index is 1560. The van der Waals surface area contributed by atoms with Crippen LogP contribution in [0, 0.1) is 6.92 Å². The summed E-state index contributed by atoms with van der Waals surface area (Å²) in [5, 5.41) is 4.12. The molecule has 1 atom stereocenters. The number of sulfonamides is 1. The first-order valence-corrected chi connectivity index (χ1v) is 16.9. The Morgan fingerprint density at radius 1 is 0.884 bits per heavy atom. The molecule has 230 valence electrons. The van der Waals surface area contributed by atoms with E-state index in [1.807, 2.05) is 6.92 Å². The maximum Gasteiger partial charge on any atom is 0.264 e. The second-order valence-corrected chi connectivity index (χ2v) is 14.3. The van der Waals surface area contributed by atoms with Gasteiger partial charge in [0, 0.05) is 22.6 Å². The number of nitrogens with one attached hydrogen (secondary N) is 1. The van der Waals surface area contributed by atoms with Crippen LogP contribution in [0.25, 0.3) is 0 Å². The van der Waals surface area contributed by atoms with Crippen LogP contribution < -0.4 is 9.62 Å². The quantitative estimate of drug-likeness (QED) is 0.238. The van der Waals surface area contributed by atoms with E-state index in [1.165, 1.54) is 35.2 Å². The first-order valence-electron chi connectivity index (χ1n) is 13.9. The molecule has 3 aromatic carbocycles.